The molecule has 0 N–H and O–H groups in total. The number of esters is 1. The molecule has 0 aromatic carbocycles. The number of ether oxygens (including phenoxy) is 1. The van der Waals surface area contributed by atoms with Gasteiger partial charge in [0.05, 0.1) is 0 Å². The fourth-order valence-corrected chi connectivity index (χ4v) is 1.68. The van der Waals surface area contributed by atoms with E-state index in [1.807, 2.05) is 13.8 Å². The summed E-state index contributed by atoms with van der Waals surface area (Å²) in [5.74, 6) is -0.336. The number of aromatic nitrogens is 2. The van der Waals surface area contributed by atoms with Crippen LogP contribution >= 0.6 is 23.2 Å². The molecule has 0 aliphatic carbocycles. The number of halogens is 2. The highest BCUT2D eigenvalue weighted by molar-refractivity contribution is 6.31. The van der Waals surface area contributed by atoms with Gasteiger partial charge in [-0.1, -0.05) is 37.0 Å². The zero-order valence-corrected chi connectivity index (χ0v) is 10.8. The minimum Gasteiger partial charge on any atom is -0.465 e. The second-order valence-corrected chi connectivity index (χ2v) is 4.78. The van der Waals surface area contributed by atoms with Gasteiger partial charge in [0.2, 0.25) is 0 Å². The first-order valence-electron chi connectivity index (χ1n) is 4.65. The highest BCUT2D eigenvalue weighted by Gasteiger charge is 2.26. The van der Waals surface area contributed by atoms with Gasteiger partial charge in [0, 0.05) is 17.9 Å². The zero-order chi connectivity index (χ0) is 12.3. The Bertz CT molecular complexity index is 408. The Balaban J connectivity index is 2.96. The molecule has 0 saturated heterocycles. The van der Waals surface area contributed by atoms with Crippen molar-refractivity contribution in [2.24, 2.45) is 0 Å². The summed E-state index contributed by atoms with van der Waals surface area (Å²) < 4.78 is 4.97. The minimum atomic E-state index is -0.456. The summed E-state index contributed by atoms with van der Waals surface area (Å²) in [4.78, 5) is 10.8. The molecule has 0 radical (unpaired) electrons. The van der Waals surface area contributed by atoms with E-state index in [9.17, 15) is 4.79 Å². The predicted octanol–water partition coefficient (Wildman–Crippen LogP) is 2.62. The normalized spacial score (nSPS) is 11.3. The molecule has 1 rings (SSSR count). The average Bonchev–Trinajstić information content (AvgIpc) is 2.19. The van der Waals surface area contributed by atoms with Crippen LogP contribution in [0, 0.1) is 0 Å². The maximum absolute atomic E-state index is 10.8. The zero-order valence-electron chi connectivity index (χ0n) is 9.25. The molecular formula is C10H12Cl2N2O2. The van der Waals surface area contributed by atoms with Crippen molar-refractivity contribution in [3.05, 3.63) is 21.9 Å². The van der Waals surface area contributed by atoms with Crippen LogP contribution < -0.4 is 0 Å². The summed E-state index contributed by atoms with van der Waals surface area (Å²) in [5, 5.41) is 7.86. The highest BCUT2D eigenvalue weighted by atomic mass is 35.5. The van der Waals surface area contributed by atoms with E-state index in [0.29, 0.717) is 5.56 Å². The van der Waals surface area contributed by atoms with Crippen molar-refractivity contribution in [1.29, 1.82) is 0 Å². The lowest BCUT2D eigenvalue weighted by Gasteiger charge is -2.24. The van der Waals surface area contributed by atoms with E-state index < -0.39 is 5.41 Å². The first-order valence-corrected chi connectivity index (χ1v) is 5.41. The Kier molecular flexibility index (Phi) is 4.10. The van der Waals surface area contributed by atoms with E-state index in [2.05, 4.69) is 10.2 Å². The first kappa shape index (κ1) is 13.2. The van der Waals surface area contributed by atoms with Crippen LogP contribution in [0.2, 0.25) is 10.3 Å². The summed E-state index contributed by atoms with van der Waals surface area (Å²) in [6, 6.07) is 1.63. The molecule has 16 heavy (non-hydrogen) atoms. The van der Waals surface area contributed by atoms with Crippen molar-refractivity contribution >= 4 is 29.2 Å². The van der Waals surface area contributed by atoms with Gasteiger partial charge in [0.1, 0.15) is 6.61 Å². The number of nitrogens with zero attached hydrogens (tertiary/aromatic N) is 2. The van der Waals surface area contributed by atoms with Gasteiger partial charge in [0.15, 0.2) is 10.3 Å². The van der Waals surface area contributed by atoms with Crippen LogP contribution in [0.4, 0.5) is 0 Å². The minimum absolute atomic E-state index is 0.212. The van der Waals surface area contributed by atoms with E-state index in [0.717, 1.165) is 0 Å². The van der Waals surface area contributed by atoms with E-state index in [4.69, 9.17) is 27.9 Å². The lowest BCUT2D eigenvalue weighted by molar-refractivity contribution is -0.142. The third kappa shape index (κ3) is 3.32. The van der Waals surface area contributed by atoms with Crippen LogP contribution in [-0.4, -0.2) is 22.8 Å². The van der Waals surface area contributed by atoms with Gasteiger partial charge in [-0.25, -0.2) is 0 Å². The fraction of sp³-hybridized carbons (Fsp3) is 0.500. The maximum atomic E-state index is 10.8. The topological polar surface area (TPSA) is 52.1 Å². The van der Waals surface area contributed by atoms with Crippen LogP contribution in [0.3, 0.4) is 0 Å². The van der Waals surface area contributed by atoms with E-state index in [-0.39, 0.29) is 22.9 Å². The van der Waals surface area contributed by atoms with Crippen LogP contribution in [-0.2, 0) is 14.9 Å². The third-order valence-corrected chi connectivity index (χ3v) is 2.55. The van der Waals surface area contributed by atoms with E-state index in [1.54, 1.807) is 6.07 Å². The van der Waals surface area contributed by atoms with Crippen LogP contribution in [0.1, 0.15) is 26.3 Å². The largest absolute Gasteiger partial charge is 0.465 e. The Labute approximate surface area is 104 Å². The number of carbonyl (C=O) groups is 1. The first-order chi connectivity index (χ1) is 7.33. The summed E-state index contributed by atoms with van der Waals surface area (Å²) in [7, 11) is 0. The smallest absolute Gasteiger partial charge is 0.302 e. The van der Waals surface area contributed by atoms with Crippen molar-refractivity contribution < 1.29 is 9.53 Å². The summed E-state index contributed by atoms with van der Waals surface area (Å²) in [6.45, 7) is 5.34. The van der Waals surface area contributed by atoms with Gasteiger partial charge in [-0.15, -0.1) is 10.2 Å². The molecule has 0 bridgehead atoms. The van der Waals surface area contributed by atoms with Gasteiger partial charge in [-0.3, -0.25) is 4.79 Å². The lowest BCUT2D eigenvalue weighted by Crippen LogP contribution is -2.26. The Morgan fingerprint density at radius 2 is 2.06 bits per heavy atom. The summed E-state index contributed by atoms with van der Waals surface area (Å²) in [5.41, 5.74) is 0.248. The molecule has 88 valence electrons. The summed E-state index contributed by atoms with van der Waals surface area (Å²) in [6.07, 6.45) is 0. The molecule has 0 spiro atoms. The van der Waals surface area contributed by atoms with Gasteiger partial charge in [0.25, 0.3) is 0 Å². The monoisotopic (exact) mass is 262 g/mol. The number of hydrogen-bond acceptors (Lipinski definition) is 4. The van der Waals surface area contributed by atoms with Gasteiger partial charge < -0.3 is 4.74 Å². The Morgan fingerprint density at radius 1 is 1.44 bits per heavy atom. The van der Waals surface area contributed by atoms with Crippen LogP contribution in [0.25, 0.3) is 0 Å². The molecule has 1 heterocycles. The highest BCUT2D eigenvalue weighted by Crippen LogP contribution is 2.29. The summed E-state index contributed by atoms with van der Waals surface area (Å²) >= 11 is 11.7. The average molecular weight is 263 g/mol. The molecule has 1 aromatic heterocycles. The fourth-order valence-electron chi connectivity index (χ4n) is 1.19. The van der Waals surface area contributed by atoms with E-state index >= 15 is 0 Å². The number of rotatable bonds is 3. The maximum Gasteiger partial charge on any atom is 0.302 e. The van der Waals surface area contributed by atoms with E-state index in [1.165, 1.54) is 6.92 Å². The molecule has 0 atom stereocenters. The van der Waals surface area contributed by atoms with Crippen LogP contribution in [0.15, 0.2) is 6.07 Å². The molecule has 0 saturated carbocycles. The van der Waals surface area contributed by atoms with Crippen LogP contribution in [0.5, 0.6) is 0 Å². The van der Waals surface area contributed by atoms with Crippen molar-refractivity contribution in [2.75, 3.05) is 6.61 Å². The standard InChI is InChI=1S/C10H12Cl2N2O2/c1-6(15)16-5-10(2,3)7-4-8(11)13-14-9(7)12/h4H,5H2,1-3H3. The van der Waals surface area contributed by atoms with Crippen molar-refractivity contribution in [3.63, 3.8) is 0 Å². The second kappa shape index (κ2) is 4.97. The van der Waals surface area contributed by atoms with Crippen molar-refractivity contribution in [1.82, 2.24) is 10.2 Å². The number of carbonyl (C=O) groups excluding carboxylic acids is 1. The van der Waals surface area contributed by atoms with Gasteiger partial charge in [-0.05, 0) is 6.07 Å². The molecule has 0 fully saturated rings. The number of hydrogen-bond donors (Lipinski definition) is 0. The quantitative estimate of drug-likeness (QED) is 0.786. The molecule has 4 nitrogen and oxygen atoms in total. The molecule has 6 heteroatoms. The molecule has 1 aromatic rings. The molecule has 0 unspecified atom stereocenters. The molecule has 0 aliphatic rings. The third-order valence-electron chi connectivity index (χ3n) is 2.08. The SMILES string of the molecule is CC(=O)OCC(C)(C)c1cc(Cl)nnc1Cl. The molecule has 0 aliphatic heterocycles. The second-order valence-electron chi connectivity index (χ2n) is 4.04. The van der Waals surface area contributed by atoms with Crippen molar-refractivity contribution in [3.8, 4) is 0 Å². The Hall–Kier alpha value is -0.870. The molecular weight excluding hydrogens is 251 g/mol. The lowest BCUT2D eigenvalue weighted by atomic mass is 9.87. The molecule has 0 amide bonds. The van der Waals surface area contributed by atoms with Gasteiger partial charge in [-0.2, -0.15) is 0 Å². The predicted molar refractivity (Wildman–Crippen MR) is 61.7 cm³/mol. The van der Waals surface area contributed by atoms with Gasteiger partial charge >= 0.3 is 5.97 Å². The van der Waals surface area contributed by atoms with Crippen molar-refractivity contribution in [2.45, 2.75) is 26.2 Å². The Morgan fingerprint density at radius 3 is 2.62 bits per heavy atom.